The predicted molar refractivity (Wildman–Crippen MR) is 103 cm³/mol. The van der Waals surface area contributed by atoms with Crippen LogP contribution in [0.4, 0.5) is 0 Å². The highest BCUT2D eigenvalue weighted by Gasteiger charge is 2.33. The van der Waals surface area contributed by atoms with Crippen molar-refractivity contribution < 1.29 is 9.90 Å². The second-order valence-corrected chi connectivity index (χ2v) is 7.69. The molecule has 2 atom stereocenters. The second-order valence-electron chi connectivity index (χ2n) is 7.69. The van der Waals surface area contributed by atoms with Crippen LogP contribution < -0.4 is 10.7 Å². The lowest BCUT2D eigenvalue weighted by Gasteiger charge is -2.34. The van der Waals surface area contributed by atoms with Crippen LogP contribution in [-0.4, -0.2) is 22.1 Å². The maximum atomic E-state index is 12.6. The number of hydrogen-bond acceptors (Lipinski definition) is 4. The van der Waals surface area contributed by atoms with Crippen LogP contribution in [0.3, 0.4) is 0 Å². The van der Waals surface area contributed by atoms with Gasteiger partial charge in [0.05, 0.1) is 17.4 Å². The lowest BCUT2D eigenvalue weighted by atomic mass is 9.74. The Morgan fingerprint density at radius 3 is 2.63 bits per heavy atom. The summed E-state index contributed by atoms with van der Waals surface area (Å²) in [7, 11) is 0. The van der Waals surface area contributed by atoms with Gasteiger partial charge < -0.3 is 15.4 Å². The van der Waals surface area contributed by atoms with Crippen LogP contribution in [0.25, 0.3) is 10.9 Å². The van der Waals surface area contributed by atoms with Gasteiger partial charge in [0.1, 0.15) is 11.6 Å². The highest BCUT2D eigenvalue weighted by molar-refractivity contribution is 5.98. The van der Waals surface area contributed by atoms with Crippen molar-refractivity contribution in [3.63, 3.8) is 0 Å². The second kappa shape index (κ2) is 6.86. The van der Waals surface area contributed by atoms with Crippen LogP contribution in [0.1, 0.15) is 31.1 Å². The molecule has 3 rings (SSSR count). The molecule has 0 saturated heterocycles. The van der Waals surface area contributed by atoms with E-state index in [1.54, 1.807) is 30.3 Å². The topological polar surface area (TPSA) is 106 Å². The smallest absolute Gasteiger partial charge is 0.261 e. The average Bonchev–Trinajstić information content (AvgIpc) is 2.61. The van der Waals surface area contributed by atoms with Gasteiger partial charge in [-0.15, -0.1) is 0 Å². The van der Waals surface area contributed by atoms with Crippen molar-refractivity contribution in [1.82, 2.24) is 10.3 Å². The van der Waals surface area contributed by atoms with Gasteiger partial charge >= 0.3 is 0 Å². The van der Waals surface area contributed by atoms with E-state index < -0.39 is 17.4 Å². The van der Waals surface area contributed by atoms with Crippen LogP contribution >= 0.6 is 0 Å². The highest BCUT2D eigenvalue weighted by atomic mass is 16.3. The van der Waals surface area contributed by atoms with Gasteiger partial charge in [0.15, 0.2) is 0 Å². The van der Waals surface area contributed by atoms with E-state index in [-0.39, 0.29) is 28.2 Å². The number of benzene rings is 1. The molecular weight excluding hydrogens is 342 g/mol. The number of H-pyrrole nitrogens is 1. The number of nitrogens with one attached hydrogen (secondary N) is 2. The fourth-order valence-electron chi connectivity index (χ4n) is 3.23. The molecule has 2 aromatic rings. The molecule has 1 aliphatic rings. The molecule has 1 aliphatic carbocycles. The predicted octanol–water partition coefficient (Wildman–Crippen LogP) is 2.63. The van der Waals surface area contributed by atoms with Gasteiger partial charge in [0.2, 0.25) is 5.43 Å². The number of carbonyl (C=O) groups is 1. The zero-order valence-corrected chi connectivity index (χ0v) is 15.4. The van der Waals surface area contributed by atoms with Crippen LogP contribution in [-0.2, 0) is 0 Å². The average molecular weight is 363 g/mol. The summed E-state index contributed by atoms with van der Waals surface area (Å²) in [6.07, 6.45) is 3.65. The molecule has 1 aromatic heterocycles. The number of para-hydroxylation sites is 1. The monoisotopic (exact) mass is 363 g/mol. The molecule has 0 aliphatic heterocycles. The minimum Gasteiger partial charge on any atom is -0.388 e. The number of carbonyl (C=O) groups excluding carboxylic acids is 1. The Morgan fingerprint density at radius 1 is 1.26 bits per heavy atom. The first-order valence-electron chi connectivity index (χ1n) is 8.66. The van der Waals surface area contributed by atoms with Crippen molar-refractivity contribution in [3.05, 3.63) is 69.7 Å². The molecule has 27 heavy (non-hydrogen) atoms. The zero-order valence-electron chi connectivity index (χ0n) is 15.4. The van der Waals surface area contributed by atoms with Gasteiger partial charge in [0, 0.05) is 23.0 Å². The standard InChI is InChI=1S/C21H21N3O3/c1-21(2,3)15-8-12(10-22)17(9-18(15)25)24-20(27)14-11-23-16-7-5-4-6-13(16)19(14)26/h4-9,11,15,18,25H,1-3H3,(H,23,26)(H,24,27). The molecule has 0 radical (unpaired) electrons. The third kappa shape index (κ3) is 3.55. The van der Waals surface area contributed by atoms with Crippen molar-refractivity contribution >= 4 is 16.8 Å². The van der Waals surface area contributed by atoms with Gasteiger partial charge in [-0.2, -0.15) is 5.26 Å². The van der Waals surface area contributed by atoms with Gasteiger partial charge in [-0.1, -0.05) is 39.0 Å². The summed E-state index contributed by atoms with van der Waals surface area (Å²) in [5, 5.41) is 22.9. The fraction of sp³-hybridized carbons (Fsp3) is 0.286. The first kappa shape index (κ1) is 18.6. The quantitative estimate of drug-likeness (QED) is 0.762. The van der Waals surface area contributed by atoms with E-state index in [9.17, 15) is 20.0 Å². The van der Waals surface area contributed by atoms with Crippen molar-refractivity contribution in [1.29, 1.82) is 5.26 Å². The molecule has 3 N–H and O–H groups in total. The van der Waals surface area contributed by atoms with E-state index in [0.29, 0.717) is 10.9 Å². The fourth-order valence-corrected chi connectivity index (χ4v) is 3.23. The zero-order chi connectivity index (χ0) is 19.8. The SMILES string of the molecule is CC(C)(C)C1C=C(C#N)C(NC(=O)c2c[nH]c3ccccc3c2=O)=CC1O. The molecule has 0 fully saturated rings. The van der Waals surface area contributed by atoms with Crippen molar-refractivity contribution in [2.45, 2.75) is 26.9 Å². The number of amides is 1. The van der Waals surface area contributed by atoms with Gasteiger partial charge in [-0.25, -0.2) is 0 Å². The third-order valence-corrected chi connectivity index (χ3v) is 4.74. The molecule has 1 amide bonds. The number of aliphatic hydroxyl groups excluding tert-OH is 1. The molecule has 0 bridgehead atoms. The summed E-state index contributed by atoms with van der Waals surface area (Å²) in [5.74, 6) is -0.882. The summed E-state index contributed by atoms with van der Waals surface area (Å²) >= 11 is 0. The Bertz CT molecular complexity index is 1060. The number of aliphatic hydroxyl groups is 1. The summed E-state index contributed by atoms with van der Waals surface area (Å²) in [4.78, 5) is 28.1. The van der Waals surface area contributed by atoms with Crippen LogP contribution in [0, 0.1) is 22.7 Å². The van der Waals surface area contributed by atoms with E-state index in [1.807, 2.05) is 20.8 Å². The number of hydrogen-bond donors (Lipinski definition) is 3. The molecule has 6 heteroatoms. The number of rotatable bonds is 2. The van der Waals surface area contributed by atoms with E-state index in [0.717, 1.165) is 0 Å². The van der Waals surface area contributed by atoms with Crippen molar-refractivity contribution in [3.8, 4) is 6.07 Å². The summed E-state index contributed by atoms with van der Waals surface area (Å²) in [6.45, 7) is 5.91. The maximum absolute atomic E-state index is 12.6. The highest BCUT2D eigenvalue weighted by Crippen LogP contribution is 2.35. The first-order valence-corrected chi connectivity index (χ1v) is 8.66. The Kier molecular flexibility index (Phi) is 4.73. The molecule has 2 unspecified atom stereocenters. The van der Waals surface area contributed by atoms with Crippen molar-refractivity contribution in [2.75, 3.05) is 0 Å². The van der Waals surface area contributed by atoms with E-state index in [1.165, 1.54) is 12.3 Å². The van der Waals surface area contributed by atoms with Crippen LogP contribution in [0.5, 0.6) is 0 Å². The Hall–Kier alpha value is -3.17. The summed E-state index contributed by atoms with van der Waals surface area (Å²) < 4.78 is 0. The third-order valence-electron chi connectivity index (χ3n) is 4.74. The lowest BCUT2D eigenvalue weighted by Crippen LogP contribution is -2.36. The number of aromatic amines is 1. The normalized spacial score (nSPS) is 19.8. The van der Waals surface area contributed by atoms with E-state index >= 15 is 0 Å². The Balaban J connectivity index is 1.93. The molecule has 1 heterocycles. The molecule has 0 spiro atoms. The van der Waals surface area contributed by atoms with Crippen LogP contribution in [0.15, 0.2) is 58.7 Å². The number of allylic oxidation sites excluding steroid dienone is 1. The molecular formula is C21H21N3O3. The maximum Gasteiger partial charge on any atom is 0.261 e. The Labute approximate surface area is 156 Å². The molecule has 1 aromatic carbocycles. The minimum atomic E-state index is -0.840. The minimum absolute atomic E-state index is 0.0562. The number of pyridine rings is 1. The molecule has 138 valence electrons. The molecule has 0 saturated carbocycles. The molecule has 6 nitrogen and oxygen atoms in total. The number of nitriles is 1. The number of aromatic nitrogens is 1. The summed E-state index contributed by atoms with van der Waals surface area (Å²) in [5.41, 5.74) is 0.419. The first-order chi connectivity index (χ1) is 12.7. The summed E-state index contributed by atoms with van der Waals surface area (Å²) in [6, 6.07) is 8.97. The van der Waals surface area contributed by atoms with Gasteiger partial charge in [0.25, 0.3) is 5.91 Å². The lowest BCUT2D eigenvalue weighted by molar-refractivity contribution is 0.0954. The van der Waals surface area contributed by atoms with Gasteiger partial charge in [-0.05, 0) is 23.6 Å². The number of nitrogens with zero attached hydrogens (tertiary/aromatic N) is 1. The number of fused-ring (bicyclic) bond motifs is 1. The Morgan fingerprint density at radius 2 is 1.96 bits per heavy atom. The van der Waals surface area contributed by atoms with E-state index in [2.05, 4.69) is 16.4 Å². The van der Waals surface area contributed by atoms with E-state index in [4.69, 9.17) is 0 Å². The van der Waals surface area contributed by atoms with Crippen LogP contribution in [0.2, 0.25) is 0 Å². The largest absolute Gasteiger partial charge is 0.388 e. The van der Waals surface area contributed by atoms with Gasteiger partial charge in [-0.3, -0.25) is 9.59 Å². The van der Waals surface area contributed by atoms with Crippen molar-refractivity contribution in [2.24, 2.45) is 11.3 Å².